The zero-order valence-corrected chi connectivity index (χ0v) is 12.2. The Morgan fingerprint density at radius 3 is 2.23 bits per heavy atom. The molecule has 3 rings (SSSR count). The third kappa shape index (κ3) is 3.65. The molecule has 0 saturated heterocycles. The Morgan fingerprint density at radius 1 is 0.864 bits per heavy atom. The summed E-state index contributed by atoms with van der Waals surface area (Å²) < 4.78 is 26.2. The lowest BCUT2D eigenvalue weighted by atomic mass is 10.2. The number of pyridine rings is 1. The molecule has 0 aliphatic heterocycles. The molecule has 0 radical (unpaired) electrons. The van der Waals surface area contributed by atoms with Gasteiger partial charge in [0.15, 0.2) is 0 Å². The summed E-state index contributed by atoms with van der Waals surface area (Å²) >= 11 is 1.38. The van der Waals surface area contributed by atoms with Crippen LogP contribution >= 0.6 is 11.8 Å². The predicted octanol–water partition coefficient (Wildman–Crippen LogP) is 4.11. The fraction of sp³-hybridized carbons (Fsp3) is 0.0625. The van der Waals surface area contributed by atoms with Gasteiger partial charge in [-0.05, 0) is 42.0 Å². The van der Waals surface area contributed by atoms with Gasteiger partial charge in [0.2, 0.25) is 0 Å². The minimum atomic E-state index is -0.574. The molecule has 0 N–H and O–H groups in total. The first-order chi connectivity index (χ1) is 10.7. The monoisotopic (exact) mass is 315 g/mol. The van der Waals surface area contributed by atoms with Gasteiger partial charge in [0.05, 0.1) is 5.69 Å². The SMILES string of the molecule is Fc1cc(F)cc(CSc2ccc(-c3ccncc3)nn2)c1. The number of benzene rings is 1. The lowest BCUT2D eigenvalue weighted by Crippen LogP contribution is -1.91. The lowest BCUT2D eigenvalue weighted by molar-refractivity contribution is 0.581. The van der Waals surface area contributed by atoms with E-state index in [4.69, 9.17) is 0 Å². The Bertz CT molecular complexity index is 744. The van der Waals surface area contributed by atoms with Crippen molar-refractivity contribution in [3.05, 3.63) is 72.1 Å². The quantitative estimate of drug-likeness (QED) is 0.679. The molecule has 3 aromatic rings. The fourth-order valence-electron chi connectivity index (χ4n) is 1.93. The summed E-state index contributed by atoms with van der Waals surface area (Å²) in [6, 6.07) is 10.9. The van der Waals surface area contributed by atoms with Crippen LogP contribution in [-0.4, -0.2) is 15.2 Å². The van der Waals surface area contributed by atoms with Gasteiger partial charge >= 0.3 is 0 Å². The van der Waals surface area contributed by atoms with E-state index in [0.29, 0.717) is 16.3 Å². The van der Waals surface area contributed by atoms with E-state index in [2.05, 4.69) is 15.2 Å². The molecule has 0 spiro atoms. The van der Waals surface area contributed by atoms with Crippen LogP contribution in [0, 0.1) is 11.6 Å². The Balaban J connectivity index is 1.69. The van der Waals surface area contributed by atoms with Gasteiger partial charge in [0.25, 0.3) is 0 Å². The summed E-state index contributed by atoms with van der Waals surface area (Å²) in [5.41, 5.74) is 2.26. The lowest BCUT2D eigenvalue weighted by Gasteiger charge is -2.03. The predicted molar refractivity (Wildman–Crippen MR) is 81.2 cm³/mol. The largest absolute Gasteiger partial charge is 0.265 e. The van der Waals surface area contributed by atoms with Crippen molar-refractivity contribution >= 4 is 11.8 Å². The molecule has 2 heterocycles. The van der Waals surface area contributed by atoms with E-state index in [1.54, 1.807) is 12.4 Å². The van der Waals surface area contributed by atoms with Gasteiger partial charge in [-0.3, -0.25) is 4.98 Å². The summed E-state index contributed by atoms with van der Waals surface area (Å²) in [6.07, 6.45) is 3.39. The third-order valence-corrected chi connectivity index (χ3v) is 3.92. The van der Waals surface area contributed by atoms with Crippen LogP contribution in [-0.2, 0) is 5.75 Å². The molecule has 0 aliphatic rings. The maximum atomic E-state index is 13.1. The van der Waals surface area contributed by atoms with Gasteiger partial charge in [-0.15, -0.1) is 10.2 Å². The average Bonchev–Trinajstić information content (AvgIpc) is 2.53. The summed E-state index contributed by atoms with van der Waals surface area (Å²) in [5, 5.41) is 8.97. The normalized spacial score (nSPS) is 10.6. The molecule has 1 aromatic carbocycles. The van der Waals surface area contributed by atoms with Gasteiger partial charge in [-0.1, -0.05) is 11.8 Å². The van der Waals surface area contributed by atoms with Gasteiger partial charge in [-0.2, -0.15) is 0 Å². The highest BCUT2D eigenvalue weighted by atomic mass is 32.2. The van der Waals surface area contributed by atoms with Crippen LogP contribution in [0.15, 0.2) is 59.9 Å². The minimum absolute atomic E-state index is 0.429. The van der Waals surface area contributed by atoms with Crippen molar-refractivity contribution < 1.29 is 8.78 Å². The topological polar surface area (TPSA) is 38.7 Å². The van der Waals surface area contributed by atoms with Crippen molar-refractivity contribution in [1.82, 2.24) is 15.2 Å². The van der Waals surface area contributed by atoms with E-state index >= 15 is 0 Å². The number of hydrogen-bond acceptors (Lipinski definition) is 4. The summed E-state index contributed by atoms with van der Waals surface area (Å²) in [7, 11) is 0. The number of halogens is 2. The molecular formula is C16H11F2N3S. The Morgan fingerprint density at radius 2 is 1.59 bits per heavy atom. The highest BCUT2D eigenvalue weighted by molar-refractivity contribution is 7.98. The summed E-state index contributed by atoms with van der Waals surface area (Å²) in [5.74, 6) is -0.720. The van der Waals surface area contributed by atoms with Crippen LogP contribution in [0.1, 0.15) is 5.56 Å². The van der Waals surface area contributed by atoms with Crippen molar-refractivity contribution in [1.29, 1.82) is 0 Å². The van der Waals surface area contributed by atoms with Crippen LogP contribution in [0.2, 0.25) is 0 Å². The van der Waals surface area contributed by atoms with E-state index in [9.17, 15) is 8.78 Å². The van der Waals surface area contributed by atoms with E-state index < -0.39 is 11.6 Å². The van der Waals surface area contributed by atoms with Gasteiger partial charge in [0, 0.05) is 29.8 Å². The zero-order chi connectivity index (χ0) is 15.4. The van der Waals surface area contributed by atoms with E-state index in [1.807, 2.05) is 24.3 Å². The molecule has 0 amide bonds. The molecule has 0 aliphatic carbocycles. The van der Waals surface area contributed by atoms with Crippen molar-refractivity contribution in [2.45, 2.75) is 10.8 Å². The van der Waals surface area contributed by atoms with Crippen molar-refractivity contribution in [3.63, 3.8) is 0 Å². The summed E-state index contributed by atoms with van der Waals surface area (Å²) in [6.45, 7) is 0. The molecule has 0 bridgehead atoms. The van der Waals surface area contributed by atoms with Crippen LogP contribution < -0.4 is 0 Å². The maximum Gasteiger partial charge on any atom is 0.126 e. The van der Waals surface area contributed by atoms with Gasteiger partial charge in [0.1, 0.15) is 16.7 Å². The molecule has 6 heteroatoms. The summed E-state index contributed by atoms with van der Waals surface area (Å²) in [4.78, 5) is 3.95. The highest BCUT2D eigenvalue weighted by Gasteiger charge is 2.04. The number of thioether (sulfide) groups is 1. The second-order valence-corrected chi connectivity index (χ2v) is 5.55. The number of hydrogen-bond donors (Lipinski definition) is 0. The molecular weight excluding hydrogens is 304 g/mol. The molecule has 0 atom stereocenters. The number of rotatable bonds is 4. The van der Waals surface area contributed by atoms with E-state index in [0.717, 1.165) is 17.3 Å². The first-order valence-corrected chi connectivity index (χ1v) is 7.51. The van der Waals surface area contributed by atoms with Gasteiger partial charge in [-0.25, -0.2) is 8.78 Å². The Labute approximate surface area is 130 Å². The Hall–Kier alpha value is -2.34. The highest BCUT2D eigenvalue weighted by Crippen LogP contribution is 2.23. The molecule has 2 aromatic heterocycles. The average molecular weight is 315 g/mol. The smallest absolute Gasteiger partial charge is 0.126 e. The third-order valence-electron chi connectivity index (χ3n) is 2.93. The maximum absolute atomic E-state index is 13.1. The van der Waals surface area contributed by atoms with Crippen LogP contribution in [0.4, 0.5) is 8.78 Å². The molecule has 3 nitrogen and oxygen atoms in total. The second kappa shape index (κ2) is 6.62. The van der Waals surface area contributed by atoms with Crippen LogP contribution in [0.5, 0.6) is 0 Å². The fourth-order valence-corrected chi connectivity index (χ4v) is 2.67. The van der Waals surface area contributed by atoms with Gasteiger partial charge < -0.3 is 0 Å². The first-order valence-electron chi connectivity index (χ1n) is 6.52. The standard InChI is InChI=1S/C16H11F2N3S/c17-13-7-11(8-14(18)9-13)10-22-16-2-1-15(20-21-16)12-3-5-19-6-4-12/h1-9H,10H2. The van der Waals surface area contributed by atoms with Crippen molar-refractivity contribution in [2.75, 3.05) is 0 Å². The second-order valence-electron chi connectivity index (χ2n) is 4.56. The van der Waals surface area contributed by atoms with Crippen molar-refractivity contribution in [2.24, 2.45) is 0 Å². The minimum Gasteiger partial charge on any atom is -0.265 e. The molecule has 22 heavy (non-hydrogen) atoms. The first kappa shape index (κ1) is 14.6. The van der Waals surface area contributed by atoms with E-state index in [-0.39, 0.29) is 0 Å². The molecule has 0 fully saturated rings. The molecule has 0 unspecified atom stereocenters. The molecule has 0 saturated carbocycles. The van der Waals surface area contributed by atoms with Crippen molar-refractivity contribution in [3.8, 4) is 11.3 Å². The Kier molecular flexibility index (Phi) is 4.39. The van der Waals surface area contributed by atoms with Crippen LogP contribution in [0.25, 0.3) is 11.3 Å². The number of nitrogens with zero attached hydrogens (tertiary/aromatic N) is 3. The number of aromatic nitrogens is 3. The molecule has 110 valence electrons. The zero-order valence-electron chi connectivity index (χ0n) is 11.4. The van der Waals surface area contributed by atoms with E-state index in [1.165, 1.54) is 23.9 Å². The van der Waals surface area contributed by atoms with Crippen LogP contribution in [0.3, 0.4) is 0 Å².